The highest BCUT2D eigenvalue weighted by Crippen LogP contribution is 2.38. The largest absolute Gasteiger partial charge is 0.491 e. The van der Waals surface area contributed by atoms with Gasteiger partial charge < -0.3 is 15.0 Å². The van der Waals surface area contributed by atoms with Crippen LogP contribution in [0, 0.1) is 0 Å². The Labute approximate surface area is 126 Å². The molecule has 1 fully saturated rings. The minimum Gasteiger partial charge on any atom is -0.400 e. The summed E-state index contributed by atoms with van der Waals surface area (Å²) in [5.41, 5.74) is 6.69. The number of hydrogen-bond acceptors (Lipinski definition) is 5. The summed E-state index contributed by atoms with van der Waals surface area (Å²) in [5.74, 6) is 1.03. The molecule has 1 aromatic rings. The van der Waals surface area contributed by atoms with E-state index in [1.807, 2.05) is 45.9 Å². The molecular formula is C14H21BN2O2S. The van der Waals surface area contributed by atoms with Crippen molar-refractivity contribution in [1.29, 1.82) is 0 Å². The van der Waals surface area contributed by atoms with Crippen LogP contribution in [0.2, 0.25) is 0 Å². The zero-order chi connectivity index (χ0) is 15.0. The fraction of sp³-hybridized carbons (Fsp3) is 0.500. The molecule has 1 aliphatic heterocycles. The summed E-state index contributed by atoms with van der Waals surface area (Å²) in [6, 6.07) is 5.52. The molecule has 0 saturated carbocycles. The molecule has 2 heterocycles. The maximum Gasteiger partial charge on any atom is 0.491 e. The molecular weight excluding hydrogens is 271 g/mol. The smallest absolute Gasteiger partial charge is 0.400 e. The average Bonchev–Trinajstić information content (AvgIpc) is 2.55. The lowest BCUT2D eigenvalue weighted by Gasteiger charge is -2.32. The number of nitrogens with zero attached hydrogens (tertiary/aromatic N) is 1. The van der Waals surface area contributed by atoms with Crippen LogP contribution >= 0.6 is 12.6 Å². The van der Waals surface area contributed by atoms with Gasteiger partial charge in [-0.1, -0.05) is 6.07 Å². The first-order valence-electron chi connectivity index (χ1n) is 6.65. The second kappa shape index (κ2) is 5.43. The molecule has 1 aromatic heterocycles. The Kier molecular flexibility index (Phi) is 4.18. The molecule has 0 aromatic carbocycles. The van der Waals surface area contributed by atoms with Gasteiger partial charge >= 0.3 is 7.12 Å². The third kappa shape index (κ3) is 3.02. The van der Waals surface area contributed by atoms with Gasteiger partial charge in [0.05, 0.1) is 16.9 Å². The quantitative estimate of drug-likeness (QED) is 0.664. The normalized spacial score (nSPS) is 21.2. The molecule has 0 amide bonds. The molecule has 2 rings (SSSR count). The third-order valence-electron chi connectivity index (χ3n) is 3.86. The van der Waals surface area contributed by atoms with Gasteiger partial charge in [-0.3, -0.25) is 0 Å². The third-order valence-corrected chi connectivity index (χ3v) is 4.23. The van der Waals surface area contributed by atoms with Crippen molar-refractivity contribution in [3.63, 3.8) is 0 Å². The molecule has 1 saturated heterocycles. The number of rotatable bonds is 3. The van der Waals surface area contributed by atoms with Crippen molar-refractivity contribution < 1.29 is 9.31 Å². The van der Waals surface area contributed by atoms with Crippen LogP contribution in [0.4, 0.5) is 5.82 Å². The highest BCUT2D eigenvalue weighted by atomic mass is 32.1. The lowest BCUT2D eigenvalue weighted by atomic mass is 9.78. The maximum absolute atomic E-state index is 6.02. The minimum absolute atomic E-state index is 0.358. The summed E-state index contributed by atoms with van der Waals surface area (Å²) in [6.45, 7) is 8.12. The van der Waals surface area contributed by atoms with Crippen LogP contribution in [-0.4, -0.2) is 29.1 Å². The topological polar surface area (TPSA) is 57.4 Å². The van der Waals surface area contributed by atoms with E-state index in [0.29, 0.717) is 11.6 Å². The Morgan fingerprint density at radius 3 is 2.40 bits per heavy atom. The molecule has 0 bridgehead atoms. The molecule has 2 N–H and O–H groups in total. The number of anilines is 1. The zero-order valence-corrected chi connectivity index (χ0v) is 13.3. The molecule has 0 atom stereocenters. The maximum atomic E-state index is 6.02. The van der Waals surface area contributed by atoms with Crippen LogP contribution in [0.3, 0.4) is 0 Å². The Bertz CT molecular complexity index is 516. The molecule has 20 heavy (non-hydrogen) atoms. The molecule has 0 radical (unpaired) electrons. The summed E-state index contributed by atoms with van der Waals surface area (Å²) < 4.78 is 12.0. The van der Waals surface area contributed by atoms with Gasteiger partial charge in [-0.15, -0.1) is 0 Å². The van der Waals surface area contributed by atoms with E-state index in [4.69, 9.17) is 15.0 Å². The van der Waals surface area contributed by atoms with Crippen LogP contribution in [0.5, 0.6) is 0 Å². The van der Waals surface area contributed by atoms with Gasteiger partial charge in [0.2, 0.25) is 0 Å². The van der Waals surface area contributed by atoms with Gasteiger partial charge in [-0.05, 0) is 51.4 Å². The van der Waals surface area contributed by atoms with Gasteiger partial charge in [0.15, 0.2) is 0 Å². The minimum atomic E-state index is -0.402. The van der Waals surface area contributed by atoms with Gasteiger partial charge in [-0.2, -0.15) is 12.6 Å². The molecule has 108 valence electrons. The van der Waals surface area contributed by atoms with Gasteiger partial charge in [-0.25, -0.2) is 4.98 Å². The van der Waals surface area contributed by atoms with Crippen molar-refractivity contribution in [2.45, 2.75) is 38.9 Å². The molecule has 0 aliphatic carbocycles. The van der Waals surface area contributed by atoms with E-state index in [-0.39, 0.29) is 11.2 Å². The number of hydrogen-bond donors (Lipinski definition) is 2. The highest BCUT2D eigenvalue weighted by Gasteiger charge is 2.52. The number of aromatic nitrogens is 1. The van der Waals surface area contributed by atoms with Crippen LogP contribution in [0.15, 0.2) is 23.7 Å². The zero-order valence-electron chi connectivity index (χ0n) is 12.4. The standard InChI is InChI=1S/C14H21BN2O2S/c1-13(2)14(3,4)19-15(18-13)10(9-20)8-11-6-5-7-12(16)17-11/h5-8,20H,9H2,1-4H3,(H2,16,17). The van der Waals surface area contributed by atoms with E-state index in [1.165, 1.54) is 0 Å². The molecule has 0 unspecified atom stereocenters. The van der Waals surface area contributed by atoms with Crippen molar-refractivity contribution in [3.8, 4) is 0 Å². The lowest BCUT2D eigenvalue weighted by Crippen LogP contribution is -2.41. The number of pyridine rings is 1. The lowest BCUT2D eigenvalue weighted by molar-refractivity contribution is 0.00578. The molecule has 6 heteroatoms. The monoisotopic (exact) mass is 292 g/mol. The van der Waals surface area contributed by atoms with Crippen molar-refractivity contribution >= 4 is 31.6 Å². The summed E-state index contributed by atoms with van der Waals surface area (Å²) in [5, 5.41) is 0. The number of nitrogens with two attached hydrogens (primary N) is 1. The summed E-state index contributed by atoms with van der Waals surface area (Å²) in [7, 11) is -0.402. The Hall–Kier alpha value is -0.975. The number of nitrogen functional groups attached to an aromatic ring is 1. The molecule has 1 aliphatic rings. The predicted octanol–water partition coefficient (Wildman–Crippen LogP) is 2.61. The van der Waals surface area contributed by atoms with E-state index in [0.717, 1.165) is 11.2 Å². The van der Waals surface area contributed by atoms with E-state index in [2.05, 4.69) is 17.6 Å². The van der Waals surface area contributed by atoms with E-state index in [1.54, 1.807) is 6.07 Å². The second-order valence-electron chi connectivity index (χ2n) is 5.95. The highest BCUT2D eigenvalue weighted by molar-refractivity contribution is 7.80. The van der Waals surface area contributed by atoms with E-state index >= 15 is 0 Å². The van der Waals surface area contributed by atoms with Crippen molar-refractivity contribution in [1.82, 2.24) is 4.98 Å². The fourth-order valence-electron chi connectivity index (χ4n) is 1.92. The first kappa shape index (κ1) is 15.4. The van der Waals surface area contributed by atoms with Crippen molar-refractivity contribution in [2.75, 3.05) is 11.5 Å². The average molecular weight is 292 g/mol. The van der Waals surface area contributed by atoms with E-state index < -0.39 is 7.12 Å². The van der Waals surface area contributed by atoms with Crippen LogP contribution in [0.1, 0.15) is 33.4 Å². The predicted molar refractivity (Wildman–Crippen MR) is 86.6 cm³/mol. The summed E-state index contributed by atoms with van der Waals surface area (Å²) >= 11 is 4.37. The van der Waals surface area contributed by atoms with Gasteiger partial charge in [0.25, 0.3) is 0 Å². The second-order valence-corrected chi connectivity index (χ2v) is 6.27. The van der Waals surface area contributed by atoms with Gasteiger partial charge in [0.1, 0.15) is 5.82 Å². The fourth-order valence-corrected chi connectivity index (χ4v) is 2.16. The number of thiol groups is 1. The van der Waals surface area contributed by atoms with Crippen LogP contribution in [0.25, 0.3) is 6.08 Å². The SMILES string of the molecule is CC1(C)OB(C(=Cc2cccc(N)n2)CS)OC1(C)C. The van der Waals surface area contributed by atoms with Gasteiger partial charge in [0, 0.05) is 5.75 Å². The van der Waals surface area contributed by atoms with E-state index in [9.17, 15) is 0 Å². The van der Waals surface area contributed by atoms with Crippen LogP contribution in [-0.2, 0) is 9.31 Å². The summed E-state index contributed by atoms with van der Waals surface area (Å²) in [4.78, 5) is 4.26. The van der Waals surface area contributed by atoms with Crippen LogP contribution < -0.4 is 5.73 Å². The first-order valence-corrected chi connectivity index (χ1v) is 7.28. The van der Waals surface area contributed by atoms with Crippen molar-refractivity contribution in [3.05, 3.63) is 29.4 Å². The first-order chi connectivity index (χ1) is 9.25. The summed E-state index contributed by atoms with van der Waals surface area (Å²) in [6.07, 6.45) is 1.92. The Morgan fingerprint density at radius 1 is 1.30 bits per heavy atom. The molecule has 0 spiro atoms. The van der Waals surface area contributed by atoms with Crippen molar-refractivity contribution in [2.24, 2.45) is 0 Å². The Morgan fingerprint density at radius 2 is 1.90 bits per heavy atom. The molecule has 4 nitrogen and oxygen atoms in total. The Balaban J connectivity index is 2.26.